The summed E-state index contributed by atoms with van der Waals surface area (Å²) in [5.74, 6) is 1.11. The number of hydrogen-bond donors (Lipinski definition) is 1. The van der Waals surface area contributed by atoms with Crippen molar-refractivity contribution in [1.82, 2.24) is 9.78 Å². The number of carbonyl (C=O) groups excluding carboxylic acids is 1. The molecule has 6 nitrogen and oxygen atoms in total. The first-order valence-corrected chi connectivity index (χ1v) is 11.1. The molecule has 0 fully saturated rings. The zero-order chi connectivity index (χ0) is 22.7. The van der Waals surface area contributed by atoms with E-state index >= 15 is 0 Å². The molecular weight excluding hydrogens is 494 g/mol. The Morgan fingerprint density at radius 1 is 1.16 bits per heavy atom. The molecule has 32 heavy (non-hydrogen) atoms. The molecule has 0 spiro atoms. The monoisotopic (exact) mass is 513 g/mol. The molecule has 2 aromatic heterocycles. The van der Waals surface area contributed by atoms with Gasteiger partial charge in [0.05, 0.1) is 22.4 Å². The molecule has 4 rings (SSSR count). The molecule has 0 radical (unpaired) electrons. The van der Waals surface area contributed by atoms with Crippen LogP contribution in [0.2, 0.25) is 5.02 Å². The summed E-state index contributed by atoms with van der Waals surface area (Å²) in [6, 6.07) is 18.1. The number of nitrogens with zero attached hydrogens (tertiary/aromatic N) is 2. The predicted octanol–water partition coefficient (Wildman–Crippen LogP) is 6.39. The van der Waals surface area contributed by atoms with E-state index in [0.29, 0.717) is 28.8 Å². The smallest absolute Gasteiger partial charge is 0.291 e. The van der Waals surface area contributed by atoms with Crippen molar-refractivity contribution in [2.75, 3.05) is 5.32 Å². The van der Waals surface area contributed by atoms with Crippen molar-refractivity contribution in [3.05, 3.63) is 98.6 Å². The molecule has 0 aliphatic rings. The largest absolute Gasteiger partial charge is 0.486 e. The molecule has 2 aromatic carbocycles. The lowest BCUT2D eigenvalue weighted by molar-refractivity contribution is 0.0992. The maximum Gasteiger partial charge on any atom is 0.291 e. The average Bonchev–Trinajstić information content (AvgIpc) is 3.35. The summed E-state index contributed by atoms with van der Waals surface area (Å²) >= 11 is 9.42. The van der Waals surface area contributed by atoms with E-state index in [9.17, 15) is 4.79 Å². The van der Waals surface area contributed by atoms with Gasteiger partial charge in [0, 0.05) is 10.7 Å². The van der Waals surface area contributed by atoms with Crippen LogP contribution in [0.25, 0.3) is 0 Å². The van der Waals surface area contributed by atoms with Crippen LogP contribution in [0.5, 0.6) is 5.75 Å². The fraction of sp³-hybridized carbons (Fsp3) is 0.167. The lowest BCUT2D eigenvalue weighted by Gasteiger charge is -2.08. The third-order valence-corrected chi connectivity index (χ3v) is 6.29. The van der Waals surface area contributed by atoms with Crippen molar-refractivity contribution in [1.29, 1.82) is 0 Å². The second kappa shape index (κ2) is 9.63. The van der Waals surface area contributed by atoms with E-state index in [2.05, 4.69) is 26.3 Å². The first-order valence-electron chi connectivity index (χ1n) is 9.96. The normalized spacial score (nSPS) is 10.9. The number of benzene rings is 2. The second-order valence-corrected chi connectivity index (χ2v) is 8.53. The van der Waals surface area contributed by atoms with Gasteiger partial charge in [0.15, 0.2) is 5.76 Å². The van der Waals surface area contributed by atoms with Gasteiger partial charge in [-0.1, -0.05) is 23.7 Å². The molecular formula is C24H21BrClN3O3. The van der Waals surface area contributed by atoms with Crippen molar-refractivity contribution in [3.8, 4) is 5.75 Å². The highest BCUT2D eigenvalue weighted by Crippen LogP contribution is 2.22. The van der Waals surface area contributed by atoms with Crippen LogP contribution in [0.3, 0.4) is 0 Å². The van der Waals surface area contributed by atoms with E-state index in [0.717, 1.165) is 21.4 Å². The van der Waals surface area contributed by atoms with Gasteiger partial charge in [-0.25, -0.2) is 0 Å². The zero-order valence-electron chi connectivity index (χ0n) is 17.6. The molecule has 2 heterocycles. The Labute approximate surface area is 199 Å². The molecule has 0 aliphatic heterocycles. The molecule has 0 atom stereocenters. The van der Waals surface area contributed by atoms with Crippen LogP contribution in [-0.4, -0.2) is 15.7 Å². The standard InChI is InChI=1S/C24H21BrClN3O3/c1-15-23(25)16(2)29(28-15)13-17-4-3-5-19(12-17)27-24(30)22-11-10-21(32-22)14-31-20-8-6-18(26)7-9-20/h3-12H,13-14H2,1-2H3,(H,27,30). The third-order valence-electron chi connectivity index (χ3n) is 4.89. The summed E-state index contributed by atoms with van der Waals surface area (Å²) in [6.45, 7) is 4.79. The van der Waals surface area contributed by atoms with E-state index in [1.807, 2.05) is 42.8 Å². The SMILES string of the molecule is Cc1nn(Cc2cccc(NC(=O)c3ccc(COc4ccc(Cl)cc4)o3)c2)c(C)c1Br. The Bertz CT molecular complexity index is 1250. The summed E-state index contributed by atoms with van der Waals surface area (Å²) in [5, 5.41) is 8.06. The highest BCUT2D eigenvalue weighted by Gasteiger charge is 2.13. The van der Waals surface area contributed by atoms with Gasteiger partial charge in [0.25, 0.3) is 5.91 Å². The molecule has 4 aromatic rings. The van der Waals surface area contributed by atoms with Gasteiger partial charge in [-0.15, -0.1) is 0 Å². The van der Waals surface area contributed by atoms with E-state index in [-0.39, 0.29) is 18.3 Å². The Balaban J connectivity index is 1.38. The lowest BCUT2D eigenvalue weighted by atomic mass is 10.2. The van der Waals surface area contributed by atoms with Crippen LogP contribution >= 0.6 is 27.5 Å². The van der Waals surface area contributed by atoms with Gasteiger partial charge in [0.1, 0.15) is 18.1 Å². The molecule has 1 amide bonds. The van der Waals surface area contributed by atoms with Crippen molar-refractivity contribution in [2.24, 2.45) is 0 Å². The number of hydrogen-bond acceptors (Lipinski definition) is 4. The molecule has 0 saturated heterocycles. The predicted molar refractivity (Wildman–Crippen MR) is 127 cm³/mol. The molecule has 0 aliphatic carbocycles. The van der Waals surface area contributed by atoms with Gasteiger partial charge in [-0.3, -0.25) is 9.48 Å². The van der Waals surface area contributed by atoms with Crippen LogP contribution < -0.4 is 10.1 Å². The molecule has 8 heteroatoms. The number of carbonyl (C=O) groups is 1. The highest BCUT2D eigenvalue weighted by atomic mass is 79.9. The third kappa shape index (κ3) is 5.23. The Kier molecular flexibility index (Phi) is 6.67. The number of aromatic nitrogens is 2. The summed E-state index contributed by atoms with van der Waals surface area (Å²) < 4.78 is 14.2. The first-order chi connectivity index (χ1) is 15.4. The fourth-order valence-corrected chi connectivity index (χ4v) is 3.61. The fourth-order valence-electron chi connectivity index (χ4n) is 3.20. The maximum atomic E-state index is 12.6. The number of amides is 1. The number of halogens is 2. The minimum absolute atomic E-state index is 0.211. The number of rotatable bonds is 7. The van der Waals surface area contributed by atoms with Gasteiger partial charge in [0.2, 0.25) is 0 Å². The second-order valence-electron chi connectivity index (χ2n) is 7.31. The molecule has 0 saturated carbocycles. The van der Waals surface area contributed by atoms with Crippen molar-refractivity contribution in [3.63, 3.8) is 0 Å². The minimum atomic E-state index is -0.325. The van der Waals surface area contributed by atoms with Gasteiger partial charge in [-0.2, -0.15) is 5.10 Å². The summed E-state index contributed by atoms with van der Waals surface area (Å²) in [5.41, 5.74) is 3.71. The summed E-state index contributed by atoms with van der Waals surface area (Å²) in [6.07, 6.45) is 0. The van der Waals surface area contributed by atoms with Crippen molar-refractivity contribution >= 4 is 39.1 Å². The van der Waals surface area contributed by atoms with Gasteiger partial charge < -0.3 is 14.5 Å². The topological polar surface area (TPSA) is 69.3 Å². The van der Waals surface area contributed by atoms with Crippen molar-refractivity contribution < 1.29 is 13.9 Å². The number of furan rings is 1. The molecule has 164 valence electrons. The highest BCUT2D eigenvalue weighted by molar-refractivity contribution is 9.10. The lowest BCUT2D eigenvalue weighted by Crippen LogP contribution is -2.11. The Hall–Kier alpha value is -3.03. The minimum Gasteiger partial charge on any atom is -0.486 e. The quantitative estimate of drug-likeness (QED) is 0.310. The maximum absolute atomic E-state index is 12.6. The van der Waals surface area contributed by atoms with Crippen LogP contribution in [0.4, 0.5) is 5.69 Å². The van der Waals surface area contributed by atoms with E-state index in [1.165, 1.54) is 0 Å². The number of aryl methyl sites for hydroxylation is 1. The zero-order valence-corrected chi connectivity index (χ0v) is 19.9. The van der Waals surface area contributed by atoms with Crippen LogP contribution in [0, 0.1) is 13.8 Å². The molecule has 0 bridgehead atoms. The van der Waals surface area contributed by atoms with Gasteiger partial charge >= 0.3 is 0 Å². The number of anilines is 1. The van der Waals surface area contributed by atoms with Crippen LogP contribution in [0.15, 0.2) is 69.6 Å². The molecule has 1 N–H and O–H groups in total. The summed E-state index contributed by atoms with van der Waals surface area (Å²) in [4.78, 5) is 12.6. The number of ether oxygens (including phenoxy) is 1. The summed E-state index contributed by atoms with van der Waals surface area (Å²) in [7, 11) is 0. The first kappa shape index (κ1) is 22.2. The van der Waals surface area contributed by atoms with Gasteiger partial charge in [-0.05, 0) is 83.9 Å². The molecule has 0 unspecified atom stereocenters. The average molecular weight is 515 g/mol. The van der Waals surface area contributed by atoms with Crippen LogP contribution in [-0.2, 0) is 13.2 Å². The Morgan fingerprint density at radius 2 is 1.94 bits per heavy atom. The Morgan fingerprint density at radius 3 is 2.66 bits per heavy atom. The van der Waals surface area contributed by atoms with E-state index < -0.39 is 0 Å². The van der Waals surface area contributed by atoms with Crippen LogP contribution in [0.1, 0.15) is 33.3 Å². The van der Waals surface area contributed by atoms with E-state index in [1.54, 1.807) is 36.4 Å². The van der Waals surface area contributed by atoms with E-state index in [4.69, 9.17) is 20.8 Å². The van der Waals surface area contributed by atoms with Crippen molar-refractivity contribution in [2.45, 2.75) is 27.0 Å². The number of nitrogens with one attached hydrogen (secondary N) is 1.